The second-order valence-corrected chi connectivity index (χ2v) is 3.87. The van der Waals surface area contributed by atoms with Gasteiger partial charge in [0, 0.05) is 5.92 Å². The van der Waals surface area contributed by atoms with Crippen molar-refractivity contribution in [3.63, 3.8) is 0 Å². The van der Waals surface area contributed by atoms with Gasteiger partial charge in [0.05, 0.1) is 18.8 Å². The van der Waals surface area contributed by atoms with Gasteiger partial charge in [0.15, 0.2) is 0 Å². The van der Waals surface area contributed by atoms with Crippen LogP contribution in [0, 0.1) is 0 Å². The molecule has 0 aromatic heterocycles. The maximum absolute atomic E-state index is 11.2. The molecule has 0 aliphatic carbocycles. The first-order valence-corrected chi connectivity index (χ1v) is 5.46. The van der Waals surface area contributed by atoms with Crippen molar-refractivity contribution < 1.29 is 14.6 Å². The summed E-state index contributed by atoms with van der Waals surface area (Å²) < 4.78 is 4.62. The Morgan fingerprint density at radius 2 is 1.94 bits per heavy atom. The van der Waals surface area contributed by atoms with E-state index in [1.807, 2.05) is 19.1 Å². The van der Waals surface area contributed by atoms with Crippen LogP contribution in [-0.4, -0.2) is 24.3 Å². The van der Waals surface area contributed by atoms with Crippen molar-refractivity contribution in [3.8, 4) is 0 Å². The first-order chi connectivity index (χ1) is 7.60. The summed E-state index contributed by atoms with van der Waals surface area (Å²) in [6.45, 7) is 3.81. The Morgan fingerprint density at radius 3 is 2.31 bits per heavy atom. The summed E-state index contributed by atoms with van der Waals surface area (Å²) in [7, 11) is 1.36. The number of esters is 1. The van der Waals surface area contributed by atoms with E-state index in [0.717, 1.165) is 12.0 Å². The SMILES string of the molecule is CC[C@H](c1ccc(C(=O)OC)cc1)[C@H](C)O. The number of ether oxygens (including phenoxy) is 1. The normalized spacial score (nSPS) is 14.2. The van der Waals surface area contributed by atoms with Crippen molar-refractivity contribution in [1.29, 1.82) is 0 Å². The molecule has 1 N–H and O–H groups in total. The lowest BCUT2D eigenvalue weighted by Gasteiger charge is -2.18. The van der Waals surface area contributed by atoms with Crippen molar-refractivity contribution in [3.05, 3.63) is 35.4 Å². The second kappa shape index (κ2) is 5.66. The zero-order valence-corrected chi connectivity index (χ0v) is 9.93. The molecule has 1 aromatic carbocycles. The molecule has 1 aromatic rings. The molecule has 1 rings (SSSR count). The third-order valence-corrected chi connectivity index (χ3v) is 2.78. The van der Waals surface area contributed by atoms with Crippen LogP contribution in [0.4, 0.5) is 0 Å². The molecule has 0 spiro atoms. The summed E-state index contributed by atoms with van der Waals surface area (Å²) in [5.41, 5.74) is 1.58. The van der Waals surface area contributed by atoms with Gasteiger partial charge in [-0.3, -0.25) is 0 Å². The van der Waals surface area contributed by atoms with Crippen LogP contribution < -0.4 is 0 Å². The quantitative estimate of drug-likeness (QED) is 0.795. The monoisotopic (exact) mass is 222 g/mol. The highest BCUT2D eigenvalue weighted by atomic mass is 16.5. The van der Waals surface area contributed by atoms with E-state index in [4.69, 9.17) is 0 Å². The van der Waals surface area contributed by atoms with Crippen LogP contribution in [0.5, 0.6) is 0 Å². The van der Waals surface area contributed by atoms with Crippen LogP contribution in [0.2, 0.25) is 0 Å². The molecule has 0 aliphatic heterocycles. The zero-order valence-electron chi connectivity index (χ0n) is 9.93. The van der Waals surface area contributed by atoms with Gasteiger partial charge in [0.2, 0.25) is 0 Å². The largest absolute Gasteiger partial charge is 0.465 e. The van der Waals surface area contributed by atoms with Gasteiger partial charge in [0.25, 0.3) is 0 Å². The lowest BCUT2D eigenvalue weighted by molar-refractivity contribution is 0.0600. The van der Waals surface area contributed by atoms with Gasteiger partial charge in [-0.25, -0.2) is 4.79 Å². The van der Waals surface area contributed by atoms with Crippen LogP contribution in [0.1, 0.15) is 42.1 Å². The molecule has 0 unspecified atom stereocenters. The van der Waals surface area contributed by atoms with Gasteiger partial charge in [-0.2, -0.15) is 0 Å². The number of hydrogen-bond acceptors (Lipinski definition) is 3. The Balaban J connectivity index is 2.89. The highest BCUT2D eigenvalue weighted by Crippen LogP contribution is 2.23. The minimum atomic E-state index is -0.381. The maximum atomic E-state index is 11.2. The molecule has 2 atom stereocenters. The van der Waals surface area contributed by atoms with Crippen LogP contribution in [0.3, 0.4) is 0 Å². The number of methoxy groups -OCH3 is 1. The molecule has 16 heavy (non-hydrogen) atoms. The van der Waals surface area contributed by atoms with Gasteiger partial charge in [-0.05, 0) is 31.0 Å². The molecule has 0 radical (unpaired) electrons. The Hall–Kier alpha value is -1.35. The van der Waals surface area contributed by atoms with Crippen LogP contribution in [0.25, 0.3) is 0 Å². The molecule has 3 heteroatoms. The predicted octanol–water partition coefficient (Wildman–Crippen LogP) is 2.35. The van der Waals surface area contributed by atoms with Crippen molar-refractivity contribution in [1.82, 2.24) is 0 Å². The Morgan fingerprint density at radius 1 is 1.38 bits per heavy atom. The van der Waals surface area contributed by atoms with E-state index in [1.165, 1.54) is 7.11 Å². The summed E-state index contributed by atoms with van der Waals surface area (Å²) in [5, 5.41) is 9.60. The van der Waals surface area contributed by atoms with E-state index in [-0.39, 0.29) is 18.0 Å². The molecule has 0 saturated heterocycles. The first-order valence-electron chi connectivity index (χ1n) is 5.46. The van der Waals surface area contributed by atoms with Gasteiger partial charge in [-0.1, -0.05) is 19.1 Å². The van der Waals surface area contributed by atoms with Crippen LogP contribution in [0.15, 0.2) is 24.3 Å². The van der Waals surface area contributed by atoms with Crippen molar-refractivity contribution >= 4 is 5.97 Å². The lowest BCUT2D eigenvalue weighted by Crippen LogP contribution is -2.13. The molecule has 88 valence electrons. The molecule has 0 saturated carbocycles. The predicted molar refractivity (Wildman–Crippen MR) is 62.5 cm³/mol. The molecule has 0 amide bonds. The third kappa shape index (κ3) is 2.83. The molecule has 0 bridgehead atoms. The topological polar surface area (TPSA) is 46.5 Å². The molecule has 0 fully saturated rings. The van der Waals surface area contributed by atoms with Crippen molar-refractivity contribution in [2.75, 3.05) is 7.11 Å². The highest BCUT2D eigenvalue weighted by Gasteiger charge is 2.15. The summed E-state index contributed by atoms with van der Waals surface area (Å²) in [6, 6.07) is 7.19. The summed E-state index contributed by atoms with van der Waals surface area (Å²) >= 11 is 0. The van der Waals surface area contributed by atoms with Gasteiger partial charge in [0.1, 0.15) is 0 Å². The van der Waals surface area contributed by atoms with Gasteiger partial charge < -0.3 is 9.84 Å². The zero-order chi connectivity index (χ0) is 12.1. The first kappa shape index (κ1) is 12.7. The van der Waals surface area contributed by atoms with E-state index in [9.17, 15) is 9.90 Å². The molecule has 0 aliphatic rings. The maximum Gasteiger partial charge on any atom is 0.337 e. The minimum Gasteiger partial charge on any atom is -0.465 e. The van der Waals surface area contributed by atoms with Crippen LogP contribution in [-0.2, 0) is 4.74 Å². The number of carbonyl (C=O) groups excluding carboxylic acids is 1. The fraction of sp³-hybridized carbons (Fsp3) is 0.462. The smallest absolute Gasteiger partial charge is 0.337 e. The van der Waals surface area contributed by atoms with Crippen LogP contribution >= 0.6 is 0 Å². The Labute approximate surface area is 96.1 Å². The number of benzene rings is 1. The summed E-state index contributed by atoms with van der Waals surface area (Å²) in [5.74, 6) is -0.219. The second-order valence-electron chi connectivity index (χ2n) is 3.87. The molecule has 3 nitrogen and oxygen atoms in total. The van der Waals surface area contributed by atoms with E-state index in [1.54, 1.807) is 19.1 Å². The molecular formula is C13H18O3. The van der Waals surface area contributed by atoms with E-state index >= 15 is 0 Å². The minimum absolute atomic E-state index is 0.117. The van der Waals surface area contributed by atoms with Gasteiger partial charge in [-0.15, -0.1) is 0 Å². The number of rotatable bonds is 4. The lowest BCUT2D eigenvalue weighted by atomic mass is 9.91. The summed E-state index contributed by atoms with van der Waals surface area (Å²) in [4.78, 5) is 11.2. The number of hydrogen-bond donors (Lipinski definition) is 1. The average Bonchev–Trinajstić information content (AvgIpc) is 2.29. The average molecular weight is 222 g/mol. The van der Waals surface area contributed by atoms with Crippen molar-refractivity contribution in [2.45, 2.75) is 32.3 Å². The fourth-order valence-electron chi connectivity index (χ4n) is 1.84. The Kier molecular flexibility index (Phi) is 4.50. The highest BCUT2D eigenvalue weighted by molar-refractivity contribution is 5.89. The van der Waals surface area contributed by atoms with Gasteiger partial charge >= 0.3 is 5.97 Å². The van der Waals surface area contributed by atoms with Crippen molar-refractivity contribution in [2.24, 2.45) is 0 Å². The third-order valence-electron chi connectivity index (χ3n) is 2.78. The van der Waals surface area contributed by atoms with E-state index < -0.39 is 0 Å². The Bertz CT molecular complexity index is 341. The number of aliphatic hydroxyl groups is 1. The fourth-order valence-corrected chi connectivity index (χ4v) is 1.84. The van der Waals surface area contributed by atoms with E-state index in [0.29, 0.717) is 5.56 Å². The summed E-state index contributed by atoms with van der Waals surface area (Å²) in [6.07, 6.45) is 0.490. The number of aliphatic hydroxyl groups excluding tert-OH is 1. The molecular weight excluding hydrogens is 204 g/mol. The molecule has 0 heterocycles. The van der Waals surface area contributed by atoms with E-state index in [2.05, 4.69) is 4.74 Å². The standard InChI is InChI=1S/C13H18O3/c1-4-12(9(2)14)10-5-7-11(8-6-10)13(15)16-3/h5-9,12,14H,4H2,1-3H3/t9-,12-/m0/s1. The number of carbonyl (C=O) groups is 1.